The summed E-state index contributed by atoms with van der Waals surface area (Å²) >= 11 is 6.67. The van der Waals surface area contributed by atoms with Crippen molar-refractivity contribution in [3.05, 3.63) is 46.6 Å². The molecule has 3 nitrogen and oxygen atoms in total. The van der Waals surface area contributed by atoms with Gasteiger partial charge in [-0.15, -0.1) is 0 Å². The molecule has 3 N–H and O–H groups in total. The van der Waals surface area contributed by atoms with Crippen molar-refractivity contribution in [1.82, 2.24) is 0 Å². The number of nitrogens with two attached hydrogens (primary N) is 1. The van der Waals surface area contributed by atoms with Crippen molar-refractivity contribution in [1.29, 1.82) is 0 Å². The minimum absolute atomic E-state index is 0.192. The average Bonchev–Trinajstić information content (AvgIpc) is 2.46. The van der Waals surface area contributed by atoms with Gasteiger partial charge in [0.15, 0.2) is 5.75 Å². The number of aromatic hydroxyl groups is 1. The Morgan fingerprint density at radius 3 is 2.27 bits per heavy atom. The lowest BCUT2D eigenvalue weighted by atomic mass is 10.0. The summed E-state index contributed by atoms with van der Waals surface area (Å²) in [6.07, 6.45) is 1.84. The highest BCUT2D eigenvalue weighted by Crippen LogP contribution is 2.34. The number of hydrogen-bond acceptors (Lipinski definition) is 3. The van der Waals surface area contributed by atoms with E-state index in [0.29, 0.717) is 0 Å². The van der Waals surface area contributed by atoms with Gasteiger partial charge >= 0.3 is 0 Å². The number of phenolic OH excluding ortho intramolecular Hbond substituents is 1. The first-order chi connectivity index (χ1) is 10.4. The molecular weight excluding hydrogens is 619 g/mol. The Labute approximate surface area is 171 Å². The number of hydrogen-bond donors (Lipinski definition) is 2. The summed E-state index contributed by atoms with van der Waals surface area (Å²) < 4.78 is 8.89. The lowest BCUT2D eigenvalue weighted by Crippen LogP contribution is -2.21. The normalized spacial score (nSPS) is 12.2. The Bertz CT molecular complexity index is 653. The maximum absolute atomic E-state index is 9.58. The zero-order chi connectivity index (χ0) is 16.3. The summed E-state index contributed by atoms with van der Waals surface area (Å²) in [6, 6.07) is 9.67. The molecule has 0 heterocycles. The summed E-state index contributed by atoms with van der Waals surface area (Å²) in [6.45, 7) is 2.10. The maximum Gasteiger partial charge on any atom is 0.154 e. The van der Waals surface area contributed by atoms with E-state index in [2.05, 4.69) is 86.8 Å². The van der Waals surface area contributed by atoms with Crippen molar-refractivity contribution >= 4 is 67.8 Å². The molecular formula is C16H16I3NO2. The molecule has 0 aliphatic carbocycles. The minimum Gasteiger partial charge on any atom is -0.507 e. The molecule has 0 spiro atoms. The molecule has 6 heteroatoms. The number of phenols is 1. The fraction of sp³-hybridized carbons (Fsp3) is 0.250. The summed E-state index contributed by atoms with van der Waals surface area (Å²) in [5.41, 5.74) is 7.27. The standard InChI is InChI=1S/C16H16I3NO2/c1-2-10(20)5-9-6-13(18)16(14(19)7-9)22-11-3-4-15(21)12(17)8-11/h3-4,6-8,10,21H,2,5,20H2,1H3/t10-/m1/s1. The first-order valence-electron chi connectivity index (χ1n) is 6.80. The van der Waals surface area contributed by atoms with Crippen molar-refractivity contribution in [2.75, 3.05) is 0 Å². The first-order valence-corrected chi connectivity index (χ1v) is 10.0. The molecule has 0 aliphatic rings. The van der Waals surface area contributed by atoms with E-state index < -0.39 is 0 Å². The van der Waals surface area contributed by atoms with Crippen LogP contribution in [0, 0.1) is 10.7 Å². The molecule has 2 rings (SSSR count). The van der Waals surface area contributed by atoms with Crippen LogP contribution in [0.5, 0.6) is 17.2 Å². The fourth-order valence-corrected chi connectivity index (χ4v) is 4.55. The Balaban J connectivity index is 2.26. The van der Waals surface area contributed by atoms with Crippen LogP contribution < -0.4 is 10.5 Å². The maximum atomic E-state index is 9.58. The molecule has 2 aromatic carbocycles. The van der Waals surface area contributed by atoms with Crippen LogP contribution in [0.15, 0.2) is 30.3 Å². The van der Waals surface area contributed by atoms with Crippen LogP contribution in [0.1, 0.15) is 18.9 Å². The quantitative estimate of drug-likeness (QED) is 0.441. The van der Waals surface area contributed by atoms with E-state index in [1.54, 1.807) is 12.1 Å². The van der Waals surface area contributed by atoms with E-state index in [-0.39, 0.29) is 11.8 Å². The van der Waals surface area contributed by atoms with Crippen LogP contribution in [0.25, 0.3) is 0 Å². The number of benzene rings is 2. The Hall–Kier alpha value is 0.190. The molecule has 0 fully saturated rings. The summed E-state index contributed by atoms with van der Waals surface area (Å²) in [4.78, 5) is 0. The Morgan fingerprint density at radius 2 is 1.73 bits per heavy atom. The van der Waals surface area contributed by atoms with Gasteiger partial charge in [-0.1, -0.05) is 6.92 Å². The zero-order valence-corrected chi connectivity index (χ0v) is 18.4. The molecule has 0 unspecified atom stereocenters. The molecule has 0 aromatic heterocycles. The summed E-state index contributed by atoms with van der Waals surface area (Å²) in [5, 5.41) is 9.58. The van der Waals surface area contributed by atoms with Gasteiger partial charge in [0.2, 0.25) is 0 Å². The monoisotopic (exact) mass is 635 g/mol. The second kappa shape index (κ2) is 8.34. The van der Waals surface area contributed by atoms with Gasteiger partial charge in [0, 0.05) is 6.04 Å². The largest absolute Gasteiger partial charge is 0.507 e. The topological polar surface area (TPSA) is 55.5 Å². The van der Waals surface area contributed by atoms with Crippen molar-refractivity contribution in [2.24, 2.45) is 5.73 Å². The fourth-order valence-electron chi connectivity index (χ4n) is 1.94. The lowest BCUT2D eigenvalue weighted by Gasteiger charge is -2.14. The van der Waals surface area contributed by atoms with Crippen molar-refractivity contribution in [2.45, 2.75) is 25.8 Å². The van der Waals surface area contributed by atoms with Crippen LogP contribution >= 0.6 is 67.8 Å². The molecule has 2 aromatic rings. The van der Waals surface area contributed by atoms with Crippen molar-refractivity contribution < 1.29 is 9.84 Å². The SMILES string of the molecule is CC[C@@H](N)Cc1cc(I)c(Oc2ccc(O)c(I)c2)c(I)c1. The summed E-state index contributed by atoms with van der Waals surface area (Å²) in [5.74, 6) is 1.83. The van der Waals surface area contributed by atoms with Crippen molar-refractivity contribution in [3.63, 3.8) is 0 Å². The predicted octanol–water partition coefficient (Wildman–Crippen LogP) is 5.28. The molecule has 0 radical (unpaired) electrons. The van der Waals surface area contributed by atoms with Crippen LogP contribution in [-0.4, -0.2) is 11.1 Å². The Kier molecular flexibility index (Phi) is 7.02. The van der Waals surface area contributed by atoms with E-state index in [1.165, 1.54) is 5.56 Å². The van der Waals surface area contributed by atoms with Gasteiger partial charge in [-0.25, -0.2) is 0 Å². The van der Waals surface area contributed by atoms with E-state index in [4.69, 9.17) is 10.5 Å². The third-order valence-corrected chi connectivity index (χ3v) is 5.69. The van der Waals surface area contributed by atoms with E-state index >= 15 is 0 Å². The van der Waals surface area contributed by atoms with Crippen LogP contribution in [0.2, 0.25) is 0 Å². The van der Waals surface area contributed by atoms with Gasteiger partial charge in [0.25, 0.3) is 0 Å². The van der Waals surface area contributed by atoms with E-state index in [1.807, 2.05) is 6.07 Å². The number of ether oxygens (including phenoxy) is 1. The van der Waals surface area contributed by atoms with Gasteiger partial charge < -0.3 is 15.6 Å². The van der Waals surface area contributed by atoms with Crippen LogP contribution in [-0.2, 0) is 6.42 Å². The zero-order valence-electron chi connectivity index (χ0n) is 11.9. The average molecular weight is 635 g/mol. The molecule has 0 aliphatic heterocycles. The van der Waals surface area contributed by atoms with Crippen LogP contribution in [0.4, 0.5) is 0 Å². The number of rotatable bonds is 5. The third-order valence-electron chi connectivity index (χ3n) is 3.22. The molecule has 22 heavy (non-hydrogen) atoms. The summed E-state index contributed by atoms with van der Waals surface area (Å²) in [7, 11) is 0. The lowest BCUT2D eigenvalue weighted by molar-refractivity contribution is 0.458. The molecule has 1 atom stereocenters. The number of halogens is 3. The highest BCUT2D eigenvalue weighted by molar-refractivity contribution is 14.1. The Morgan fingerprint density at radius 1 is 1.09 bits per heavy atom. The predicted molar refractivity (Wildman–Crippen MR) is 115 cm³/mol. The highest BCUT2D eigenvalue weighted by Gasteiger charge is 2.12. The molecule has 0 amide bonds. The van der Waals surface area contributed by atoms with E-state index in [0.717, 1.165) is 35.1 Å². The third kappa shape index (κ3) is 4.84. The van der Waals surface area contributed by atoms with Crippen molar-refractivity contribution in [3.8, 4) is 17.2 Å². The van der Waals surface area contributed by atoms with Gasteiger partial charge in [-0.3, -0.25) is 0 Å². The smallest absolute Gasteiger partial charge is 0.154 e. The highest BCUT2D eigenvalue weighted by atomic mass is 127. The molecule has 118 valence electrons. The molecule has 0 saturated carbocycles. The van der Waals surface area contributed by atoms with Crippen LogP contribution in [0.3, 0.4) is 0 Å². The van der Waals surface area contributed by atoms with Gasteiger partial charge in [0.1, 0.15) is 11.5 Å². The first kappa shape index (κ1) is 18.5. The van der Waals surface area contributed by atoms with Gasteiger partial charge in [-0.05, 0) is 117 Å². The minimum atomic E-state index is 0.192. The second-order valence-electron chi connectivity index (χ2n) is 4.98. The van der Waals surface area contributed by atoms with Gasteiger partial charge in [0.05, 0.1) is 10.7 Å². The molecule has 0 saturated heterocycles. The second-order valence-corrected chi connectivity index (χ2v) is 8.46. The van der Waals surface area contributed by atoms with E-state index in [9.17, 15) is 5.11 Å². The molecule has 0 bridgehead atoms. The van der Waals surface area contributed by atoms with Gasteiger partial charge in [-0.2, -0.15) is 0 Å².